The maximum atomic E-state index is 13.4. The summed E-state index contributed by atoms with van der Waals surface area (Å²) in [6, 6.07) is 22.0. The Bertz CT molecular complexity index is 1800. The van der Waals surface area contributed by atoms with E-state index in [1.54, 1.807) is 42.5 Å². The number of nitrogens with zero attached hydrogens (tertiary/aromatic N) is 3. The average molecular weight is 692 g/mol. The number of rotatable bonds is 6. The summed E-state index contributed by atoms with van der Waals surface area (Å²) >= 11 is 13.2. The highest BCUT2D eigenvalue weighted by atomic mass is 79.9. The van der Waals surface area contributed by atoms with Crippen molar-refractivity contribution in [2.45, 2.75) is 12.8 Å². The van der Waals surface area contributed by atoms with E-state index >= 15 is 0 Å². The minimum absolute atomic E-state index is 0.0242. The van der Waals surface area contributed by atoms with Crippen LogP contribution in [0.5, 0.6) is 5.75 Å². The molecule has 0 amide bonds. The van der Waals surface area contributed by atoms with E-state index in [0.29, 0.717) is 30.8 Å². The molecule has 0 saturated carbocycles. The minimum atomic E-state index is -4.56. The van der Waals surface area contributed by atoms with Crippen molar-refractivity contribution in [1.29, 1.82) is 0 Å². The monoisotopic (exact) mass is 689 g/mol. The Hall–Kier alpha value is -3.47. The fourth-order valence-electron chi connectivity index (χ4n) is 3.93. The third kappa shape index (κ3) is 5.99. The molecule has 1 aromatic heterocycles. The first-order chi connectivity index (χ1) is 19.1. The maximum absolute atomic E-state index is 13.4. The molecule has 202 valence electrons. The molecule has 0 atom stereocenters. The molecule has 5 rings (SSSR count). The summed E-state index contributed by atoms with van der Waals surface area (Å²) in [5.41, 5.74) is 0.463. The van der Waals surface area contributed by atoms with E-state index in [1.807, 2.05) is 18.2 Å². The van der Waals surface area contributed by atoms with Crippen LogP contribution in [0.1, 0.15) is 16.7 Å². The second kappa shape index (κ2) is 11.6. The Morgan fingerprint density at radius 1 is 0.950 bits per heavy atom. The molecule has 11 heteroatoms. The summed E-state index contributed by atoms with van der Waals surface area (Å²) in [6.45, 7) is 0.239. The first-order valence-corrected chi connectivity index (χ1v) is 13.7. The van der Waals surface area contributed by atoms with Crippen LogP contribution in [0, 0.1) is 0 Å². The Morgan fingerprint density at radius 3 is 2.38 bits per heavy atom. The molecule has 0 aliphatic heterocycles. The third-order valence-electron chi connectivity index (χ3n) is 5.87. The lowest BCUT2D eigenvalue weighted by atomic mass is 10.1. The van der Waals surface area contributed by atoms with Crippen molar-refractivity contribution in [2.75, 3.05) is 0 Å². The average Bonchev–Trinajstić information content (AvgIpc) is 2.92. The lowest BCUT2D eigenvalue weighted by molar-refractivity contribution is -0.137. The number of para-hydroxylation sites is 1. The molecule has 1 heterocycles. The van der Waals surface area contributed by atoms with Gasteiger partial charge in [-0.15, -0.1) is 0 Å². The van der Waals surface area contributed by atoms with E-state index in [9.17, 15) is 18.0 Å². The summed E-state index contributed by atoms with van der Waals surface area (Å²) in [5, 5.41) is 5.21. The standard InChI is InChI=1S/C29H17Br2ClF3N3O2/c30-22-12-17(13-23(31)26(22)40-16-19-6-1-3-10-24(19)32)15-36-38-27(18-7-5-8-20(14-18)29(33,34)35)37-25-11-4-2-9-21(25)28(38)39/h1-15H,16H2. The van der Waals surface area contributed by atoms with Gasteiger partial charge >= 0.3 is 6.18 Å². The van der Waals surface area contributed by atoms with Crippen molar-refractivity contribution >= 4 is 60.6 Å². The zero-order chi connectivity index (χ0) is 28.4. The topological polar surface area (TPSA) is 56.5 Å². The van der Waals surface area contributed by atoms with Crippen LogP contribution in [0.3, 0.4) is 0 Å². The fraction of sp³-hybridized carbons (Fsp3) is 0.0690. The second-order valence-corrected chi connectivity index (χ2v) is 10.7. The van der Waals surface area contributed by atoms with Crippen molar-refractivity contribution < 1.29 is 17.9 Å². The summed E-state index contributed by atoms with van der Waals surface area (Å²) in [6.07, 6.45) is -3.14. The third-order valence-corrected chi connectivity index (χ3v) is 7.42. The molecule has 5 nitrogen and oxygen atoms in total. The van der Waals surface area contributed by atoms with Crippen LogP contribution in [0.2, 0.25) is 5.02 Å². The van der Waals surface area contributed by atoms with Gasteiger partial charge < -0.3 is 4.74 Å². The van der Waals surface area contributed by atoms with E-state index in [0.717, 1.165) is 22.4 Å². The molecule has 0 unspecified atom stereocenters. The lowest BCUT2D eigenvalue weighted by Gasteiger charge is -2.13. The van der Waals surface area contributed by atoms with E-state index in [-0.39, 0.29) is 23.4 Å². The molecule has 4 aromatic carbocycles. The molecule has 0 aliphatic carbocycles. The highest BCUT2D eigenvalue weighted by molar-refractivity contribution is 9.11. The van der Waals surface area contributed by atoms with Gasteiger partial charge in [0.25, 0.3) is 5.56 Å². The van der Waals surface area contributed by atoms with Crippen LogP contribution in [-0.2, 0) is 12.8 Å². The van der Waals surface area contributed by atoms with Gasteiger partial charge in [-0.2, -0.15) is 22.9 Å². The van der Waals surface area contributed by atoms with Crippen molar-refractivity contribution in [3.8, 4) is 17.1 Å². The highest BCUT2D eigenvalue weighted by Gasteiger charge is 2.31. The number of aromatic nitrogens is 2. The molecule has 40 heavy (non-hydrogen) atoms. The van der Waals surface area contributed by atoms with Crippen LogP contribution >= 0.6 is 43.5 Å². The van der Waals surface area contributed by atoms with Crippen LogP contribution in [0.15, 0.2) is 104 Å². The molecule has 0 aliphatic rings. The van der Waals surface area contributed by atoms with Crippen molar-refractivity contribution in [2.24, 2.45) is 5.10 Å². The van der Waals surface area contributed by atoms with Crippen LogP contribution < -0.4 is 10.3 Å². The van der Waals surface area contributed by atoms with Crippen LogP contribution in [-0.4, -0.2) is 15.9 Å². The molecule has 0 fully saturated rings. The number of hydrogen-bond acceptors (Lipinski definition) is 4. The predicted molar refractivity (Wildman–Crippen MR) is 157 cm³/mol. The van der Waals surface area contributed by atoms with Gasteiger partial charge in [-0.3, -0.25) is 4.79 Å². The van der Waals surface area contributed by atoms with Gasteiger partial charge in [0.1, 0.15) is 12.4 Å². The number of hydrogen-bond donors (Lipinski definition) is 0. The smallest absolute Gasteiger partial charge is 0.416 e. The van der Waals surface area contributed by atoms with Crippen LogP contribution in [0.25, 0.3) is 22.3 Å². The van der Waals surface area contributed by atoms with E-state index in [4.69, 9.17) is 16.3 Å². The largest absolute Gasteiger partial charge is 0.486 e. The molecule has 0 N–H and O–H groups in total. The molecule has 0 saturated heterocycles. The number of halogens is 6. The minimum Gasteiger partial charge on any atom is -0.486 e. The summed E-state index contributed by atoms with van der Waals surface area (Å²) in [7, 11) is 0. The van der Waals surface area contributed by atoms with Gasteiger partial charge in [-0.1, -0.05) is 54.1 Å². The van der Waals surface area contributed by atoms with E-state index in [2.05, 4.69) is 41.9 Å². The Balaban J connectivity index is 1.54. The lowest BCUT2D eigenvalue weighted by Crippen LogP contribution is -2.20. The van der Waals surface area contributed by atoms with E-state index < -0.39 is 17.3 Å². The van der Waals surface area contributed by atoms with Gasteiger partial charge in [-0.05, 0) is 79.9 Å². The van der Waals surface area contributed by atoms with Crippen molar-refractivity contribution in [3.05, 3.63) is 126 Å². The van der Waals surface area contributed by atoms with Gasteiger partial charge in [0, 0.05) is 16.1 Å². The quantitative estimate of drug-likeness (QED) is 0.168. The van der Waals surface area contributed by atoms with Crippen molar-refractivity contribution in [1.82, 2.24) is 9.66 Å². The second-order valence-electron chi connectivity index (χ2n) is 8.59. The van der Waals surface area contributed by atoms with Crippen LogP contribution in [0.4, 0.5) is 13.2 Å². The Kier molecular flexibility index (Phi) is 8.11. The number of ether oxygens (including phenoxy) is 1. The SMILES string of the molecule is O=c1c2ccccc2nc(-c2cccc(C(F)(F)F)c2)n1N=Cc1cc(Br)c(OCc2ccccc2Cl)c(Br)c1. The molecular weight excluding hydrogens is 675 g/mol. The zero-order valence-corrected chi connectivity index (χ0v) is 24.2. The predicted octanol–water partition coefficient (Wildman–Crippen LogP) is 8.72. The van der Waals surface area contributed by atoms with Crippen molar-refractivity contribution in [3.63, 3.8) is 0 Å². The molecular formula is C29H17Br2ClF3N3O2. The Labute approximate surface area is 248 Å². The normalized spacial score (nSPS) is 11.8. The van der Waals surface area contributed by atoms with Gasteiger partial charge in [0.05, 0.1) is 31.6 Å². The zero-order valence-electron chi connectivity index (χ0n) is 20.3. The first-order valence-electron chi connectivity index (χ1n) is 11.7. The summed E-state index contributed by atoms with van der Waals surface area (Å²) in [5.74, 6) is 0.509. The summed E-state index contributed by atoms with van der Waals surface area (Å²) in [4.78, 5) is 17.9. The highest BCUT2D eigenvalue weighted by Crippen LogP contribution is 2.36. The number of fused-ring (bicyclic) bond motifs is 1. The van der Waals surface area contributed by atoms with Gasteiger partial charge in [-0.25, -0.2) is 4.98 Å². The number of alkyl halides is 3. The van der Waals surface area contributed by atoms with Gasteiger partial charge in [0.15, 0.2) is 5.82 Å². The molecule has 5 aromatic rings. The fourth-order valence-corrected chi connectivity index (χ4v) is 5.58. The van der Waals surface area contributed by atoms with Gasteiger partial charge in [0.2, 0.25) is 0 Å². The maximum Gasteiger partial charge on any atom is 0.416 e. The first kappa shape index (κ1) is 28.1. The van der Waals surface area contributed by atoms with E-state index in [1.165, 1.54) is 18.3 Å². The Morgan fingerprint density at radius 2 is 1.65 bits per heavy atom. The molecule has 0 bridgehead atoms. The molecule has 0 spiro atoms. The molecule has 0 radical (unpaired) electrons. The summed E-state index contributed by atoms with van der Waals surface area (Å²) < 4.78 is 48.4. The number of benzene rings is 4.